The van der Waals surface area contributed by atoms with E-state index in [1.807, 2.05) is 44.2 Å². The summed E-state index contributed by atoms with van der Waals surface area (Å²) >= 11 is 5.92. The lowest BCUT2D eigenvalue weighted by Crippen LogP contribution is -2.28. The van der Waals surface area contributed by atoms with E-state index < -0.39 is 0 Å². The quantitative estimate of drug-likeness (QED) is 0.659. The number of carbonyl (C=O) groups excluding carboxylic acids is 1. The highest BCUT2D eigenvalue weighted by Gasteiger charge is 2.11. The zero-order valence-electron chi connectivity index (χ0n) is 15.1. The van der Waals surface area contributed by atoms with E-state index in [9.17, 15) is 4.79 Å². The maximum absolute atomic E-state index is 11.9. The van der Waals surface area contributed by atoms with Gasteiger partial charge in [-0.25, -0.2) is 0 Å². The highest BCUT2D eigenvalue weighted by atomic mass is 35.5. The van der Waals surface area contributed by atoms with Crippen molar-refractivity contribution in [3.63, 3.8) is 0 Å². The summed E-state index contributed by atoms with van der Waals surface area (Å²) < 4.78 is 10.8. The van der Waals surface area contributed by atoms with Crippen LogP contribution in [0.2, 0.25) is 5.02 Å². The van der Waals surface area contributed by atoms with Crippen molar-refractivity contribution < 1.29 is 14.1 Å². The number of nitrogens with zero attached hydrogens (tertiary/aromatic N) is 2. The van der Waals surface area contributed by atoms with Crippen molar-refractivity contribution in [2.75, 3.05) is 6.61 Å². The zero-order chi connectivity index (χ0) is 19.2. The van der Waals surface area contributed by atoms with E-state index in [1.165, 1.54) is 0 Å². The Bertz CT molecular complexity index is 907. The highest BCUT2D eigenvalue weighted by Crippen LogP contribution is 2.22. The molecule has 0 aliphatic heterocycles. The average molecular weight is 386 g/mol. The number of nitrogens with one attached hydrogen (secondary N) is 1. The molecule has 3 rings (SSSR count). The van der Waals surface area contributed by atoms with Crippen molar-refractivity contribution >= 4 is 17.5 Å². The summed E-state index contributed by atoms with van der Waals surface area (Å²) in [4.78, 5) is 16.3. The lowest BCUT2D eigenvalue weighted by atomic mass is 10.2. The van der Waals surface area contributed by atoms with Crippen LogP contribution < -0.4 is 10.1 Å². The number of amides is 1. The van der Waals surface area contributed by atoms with Crippen molar-refractivity contribution in [3.05, 3.63) is 64.9 Å². The maximum Gasteiger partial charge on any atom is 0.258 e. The van der Waals surface area contributed by atoms with Crippen molar-refractivity contribution in [1.82, 2.24) is 15.5 Å². The molecule has 0 aliphatic rings. The van der Waals surface area contributed by atoms with Gasteiger partial charge in [-0.3, -0.25) is 4.79 Å². The molecule has 3 aromatic rings. The van der Waals surface area contributed by atoms with Crippen molar-refractivity contribution in [3.8, 4) is 17.2 Å². The topological polar surface area (TPSA) is 77.2 Å². The van der Waals surface area contributed by atoms with E-state index in [0.29, 0.717) is 29.0 Å². The third kappa shape index (κ3) is 5.31. The Balaban J connectivity index is 1.50. The van der Waals surface area contributed by atoms with Crippen LogP contribution in [0.15, 0.2) is 53.1 Å². The van der Waals surface area contributed by atoms with Crippen LogP contribution in [0.5, 0.6) is 5.75 Å². The van der Waals surface area contributed by atoms with E-state index in [2.05, 4.69) is 15.5 Å². The van der Waals surface area contributed by atoms with E-state index in [0.717, 1.165) is 11.1 Å². The number of hydrogen-bond acceptors (Lipinski definition) is 5. The molecule has 1 N–H and O–H groups in total. The molecule has 0 radical (unpaired) electrons. The van der Waals surface area contributed by atoms with E-state index in [4.69, 9.17) is 20.9 Å². The summed E-state index contributed by atoms with van der Waals surface area (Å²) in [5, 5.41) is 7.38. The summed E-state index contributed by atoms with van der Waals surface area (Å²) in [5.74, 6) is 1.71. The monoisotopic (exact) mass is 385 g/mol. The Labute approximate surface area is 162 Å². The lowest BCUT2D eigenvalue weighted by molar-refractivity contribution is -0.123. The first-order chi connectivity index (χ1) is 13.0. The van der Waals surface area contributed by atoms with Gasteiger partial charge in [0.25, 0.3) is 11.8 Å². The van der Waals surface area contributed by atoms with Crippen LogP contribution in [0.4, 0.5) is 0 Å². The molecule has 0 aliphatic carbocycles. The van der Waals surface area contributed by atoms with Gasteiger partial charge in [-0.05, 0) is 42.0 Å². The molecule has 6 nitrogen and oxygen atoms in total. The number of hydrogen-bond donors (Lipinski definition) is 1. The second-order valence-corrected chi connectivity index (χ2v) is 6.77. The number of halogens is 1. The molecule has 0 bridgehead atoms. The fourth-order valence-corrected chi connectivity index (χ4v) is 2.54. The summed E-state index contributed by atoms with van der Waals surface area (Å²) in [7, 11) is 0. The first-order valence-corrected chi connectivity index (χ1v) is 8.97. The molecule has 0 spiro atoms. The van der Waals surface area contributed by atoms with Crippen molar-refractivity contribution in [2.24, 2.45) is 0 Å². The van der Waals surface area contributed by atoms with Crippen LogP contribution in [0, 0.1) is 0 Å². The van der Waals surface area contributed by atoms with E-state index in [1.54, 1.807) is 18.2 Å². The summed E-state index contributed by atoms with van der Waals surface area (Å²) in [6.45, 7) is 4.33. The predicted octanol–water partition coefficient (Wildman–Crippen LogP) is 4.21. The molecule has 7 heteroatoms. The largest absolute Gasteiger partial charge is 0.484 e. The molecule has 2 aromatic carbocycles. The first kappa shape index (κ1) is 18.9. The molecule has 1 heterocycles. The van der Waals surface area contributed by atoms with Gasteiger partial charge in [0.05, 0.1) is 0 Å². The first-order valence-electron chi connectivity index (χ1n) is 8.59. The summed E-state index contributed by atoms with van der Waals surface area (Å²) in [6, 6.07) is 14.5. The number of aromatic nitrogens is 2. The smallest absolute Gasteiger partial charge is 0.258 e. The minimum absolute atomic E-state index is 0.0715. The van der Waals surface area contributed by atoms with Gasteiger partial charge in [-0.1, -0.05) is 42.7 Å². The fraction of sp³-hybridized carbons (Fsp3) is 0.250. The molecule has 0 unspecified atom stereocenters. The molecule has 0 fully saturated rings. The second kappa shape index (κ2) is 8.68. The SMILES string of the molecule is CC(C)c1noc(-c2ccc(OCC(=O)NCc3cccc(Cl)c3)cc2)n1. The number of rotatable bonds is 7. The molecular formula is C20H20ClN3O3. The average Bonchev–Trinajstić information content (AvgIpc) is 3.16. The van der Waals surface area contributed by atoms with Gasteiger partial charge < -0.3 is 14.6 Å². The molecule has 0 saturated carbocycles. The molecule has 27 heavy (non-hydrogen) atoms. The van der Waals surface area contributed by atoms with Crippen molar-refractivity contribution in [1.29, 1.82) is 0 Å². The van der Waals surface area contributed by atoms with E-state index >= 15 is 0 Å². The summed E-state index contributed by atoms with van der Waals surface area (Å²) in [6.07, 6.45) is 0. The third-order valence-corrected chi connectivity index (χ3v) is 4.04. The van der Waals surface area contributed by atoms with Crippen LogP contribution in [0.1, 0.15) is 31.2 Å². The van der Waals surface area contributed by atoms with Crippen LogP contribution in [-0.4, -0.2) is 22.7 Å². The number of benzene rings is 2. The van der Waals surface area contributed by atoms with Gasteiger partial charge in [0.2, 0.25) is 0 Å². The van der Waals surface area contributed by atoms with Gasteiger partial charge in [0.1, 0.15) is 5.75 Å². The van der Waals surface area contributed by atoms with Gasteiger partial charge in [0.15, 0.2) is 12.4 Å². The van der Waals surface area contributed by atoms with Gasteiger partial charge in [-0.15, -0.1) is 0 Å². The molecule has 140 valence electrons. The van der Waals surface area contributed by atoms with Gasteiger partial charge in [-0.2, -0.15) is 4.98 Å². The fourth-order valence-electron chi connectivity index (χ4n) is 2.33. The van der Waals surface area contributed by atoms with Crippen LogP contribution in [0.25, 0.3) is 11.5 Å². The zero-order valence-corrected chi connectivity index (χ0v) is 15.9. The van der Waals surface area contributed by atoms with Gasteiger partial charge >= 0.3 is 0 Å². The maximum atomic E-state index is 11.9. The predicted molar refractivity (Wildman–Crippen MR) is 103 cm³/mol. The van der Waals surface area contributed by atoms with Crippen LogP contribution in [-0.2, 0) is 11.3 Å². The normalized spacial score (nSPS) is 10.8. The minimum Gasteiger partial charge on any atom is -0.484 e. The van der Waals surface area contributed by atoms with Crippen LogP contribution >= 0.6 is 11.6 Å². The number of ether oxygens (including phenoxy) is 1. The molecule has 1 aromatic heterocycles. The molecule has 1 amide bonds. The third-order valence-electron chi connectivity index (χ3n) is 3.81. The Morgan fingerprint density at radius 2 is 2.00 bits per heavy atom. The Morgan fingerprint density at radius 3 is 2.67 bits per heavy atom. The molecule has 0 saturated heterocycles. The Hall–Kier alpha value is -2.86. The Kier molecular flexibility index (Phi) is 6.08. The highest BCUT2D eigenvalue weighted by molar-refractivity contribution is 6.30. The lowest BCUT2D eigenvalue weighted by Gasteiger charge is -2.08. The standard InChI is InChI=1S/C20H20ClN3O3/c1-13(2)19-23-20(27-24-19)15-6-8-17(9-7-15)26-12-18(25)22-11-14-4-3-5-16(21)10-14/h3-10,13H,11-12H2,1-2H3,(H,22,25). The molecule has 0 atom stereocenters. The molecular weight excluding hydrogens is 366 g/mol. The Morgan fingerprint density at radius 1 is 1.22 bits per heavy atom. The van der Waals surface area contributed by atoms with Gasteiger partial charge in [0, 0.05) is 23.0 Å². The summed E-state index contributed by atoms with van der Waals surface area (Å²) in [5.41, 5.74) is 1.73. The number of carbonyl (C=O) groups is 1. The second-order valence-electron chi connectivity index (χ2n) is 6.33. The minimum atomic E-state index is -0.211. The van der Waals surface area contributed by atoms with E-state index in [-0.39, 0.29) is 18.4 Å². The van der Waals surface area contributed by atoms with Crippen molar-refractivity contribution in [2.45, 2.75) is 26.3 Å². The van der Waals surface area contributed by atoms with Crippen LogP contribution in [0.3, 0.4) is 0 Å².